The number of nitrogens with one attached hydrogen (secondary N) is 1. The summed E-state index contributed by atoms with van der Waals surface area (Å²) in [5, 5.41) is 2.69. The zero-order valence-electron chi connectivity index (χ0n) is 14.9. The van der Waals surface area contributed by atoms with E-state index < -0.39 is 17.8 Å². The highest BCUT2D eigenvalue weighted by atomic mass is 16.5. The molecule has 0 aliphatic rings. The van der Waals surface area contributed by atoms with Gasteiger partial charge in [0, 0.05) is 11.8 Å². The third kappa shape index (κ3) is 4.38. The lowest BCUT2D eigenvalue weighted by molar-refractivity contribution is -0.111. The molecule has 1 aromatic carbocycles. The van der Waals surface area contributed by atoms with Crippen molar-refractivity contribution in [2.45, 2.75) is 13.8 Å². The predicted octanol–water partition coefficient (Wildman–Crippen LogP) is 3.12. The molecule has 2 rings (SSSR count). The lowest BCUT2D eigenvalue weighted by atomic mass is 10.1. The summed E-state index contributed by atoms with van der Waals surface area (Å²) >= 11 is 0. The highest BCUT2D eigenvalue weighted by Crippen LogP contribution is 2.19. The Bertz CT molecular complexity index is 878. The summed E-state index contributed by atoms with van der Waals surface area (Å²) in [6, 6.07) is 6.37. The fourth-order valence-electron chi connectivity index (χ4n) is 2.23. The number of aryl methyl sites for hydroxylation is 2. The van der Waals surface area contributed by atoms with Crippen LogP contribution in [0.25, 0.3) is 6.08 Å². The van der Waals surface area contributed by atoms with Gasteiger partial charge >= 0.3 is 11.9 Å². The van der Waals surface area contributed by atoms with Crippen LogP contribution < -0.4 is 5.32 Å². The van der Waals surface area contributed by atoms with E-state index in [0.29, 0.717) is 28.3 Å². The Morgan fingerprint density at radius 3 is 2.38 bits per heavy atom. The van der Waals surface area contributed by atoms with Crippen LogP contribution in [-0.4, -0.2) is 32.1 Å². The molecule has 0 spiro atoms. The maximum atomic E-state index is 12.1. The van der Waals surface area contributed by atoms with Gasteiger partial charge in [0.05, 0.1) is 19.8 Å². The molecule has 0 saturated heterocycles. The number of carbonyl (C=O) groups is 3. The van der Waals surface area contributed by atoms with Crippen molar-refractivity contribution in [3.8, 4) is 0 Å². The van der Waals surface area contributed by atoms with E-state index in [1.165, 1.54) is 32.4 Å². The Hall–Kier alpha value is -3.35. The number of esters is 2. The second-order valence-corrected chi connectivity index (χ2v) is 5.45. The van der Waals surface area contributed by atoms with Crippen LogP contribution in [0.5, 0.6) is 0 Å². The van der Waals surface area contributed by atoms with Crippen LogP contribution in [0.2, 0.25) is 0 Å². The number of hydrogen-bond donors (Lipinski definition) is 1. The number of ether oxygens (including phenoxy) is 2. The maximum Gasteiger partial charge on any atom is 0.341 e. The lowest BCUT2D eigenvalue weighted by Crippen LogP contribution is -2.10. The van der Waals surface area contributed by atoms with Crippen molar-refractivity contribution in [2.75, 3.05) is 19.5 Å². The van der Waals surface area contributed by atoms with Gasteiger partial charge in [-0.3, -0.25) is 4.79 Å². The molecule has 1 aromatic heterocycles. The molecular formula is C19H19NO6. The van der Waals surface area contributed by atoms with Gasteiger partial charge < -0.3 is 19.2 Å². The van der Waals surface area contributed by atoms with E-state index in [9.17, 15) is 14.4 Å². The van der Waals surface area contributed by atoms with Crippen molar-refractivity contribution < 1.29 is 28.3 Å². The van der Waals surface area contributed by atoms with Gasteiger partial charge in [-0.1, -0.05) is 6.07 Å². The third-order valence-electron chi connectivity index (χ3n) is 3.66. The highest BCUT2D eigenvalue weighted by Gasteiger charge is 2.14. The number of methoxy groups -OCH3 is 2. The highest BCUT2D eigenvalue weighted by molar-refractivity contribution is 6.03. The molecule has 0 atom stereocenters. The average molecular weight is 357 g/mol. The van der Waals surface area contributed by atoms with Crippen LogP contribution in [0.4, 0.5) is 5.69 Å². The molecule has 0 unspecified atom stereocenters. The molecule has 2 aromatic rings. The number of carbonyl (C=O) groups excluding carboxylic acids is 3. The summed E-state index contributed by atoms with van der Waals surface area (Å²) in [5.74, 6) is -0.663. The van der Waals surface area contributed by atoms with Crippen molar-refractivity contribution in [1.29, 1.82) is 0 Å². The van der Waals surface area contributed by atoms with Crippen LogP contribution in [0.3, 0.4) is 0 Å². The fourth-order valence-corrected chi connectivity index (χ4v) is 2.23. The second kappa shape index (κ2) is 8.15. The maximum absolute atomic E-state index is 12.1. The Balaban J connectivity index is 2.13. The number of rotatable bonds is 5. The average Bonchev–Trinajstić information content (AvgIpc) is 3.01. The van der Waals surface area contributed by atoms with Crippen LogP contribution in [0, 0.1) is 13.8 Å². The molecule has 0 radical (unpaired) electrons. The van der Waals surface area contributed by atoms with E-state index in [1.807, 2.05) is 0 Å². The van der Waals surface area contributed by atoms with Crippen molar-refractivity contribution in [1.82, 2.24) is 0 Å². The number of benzene rings is 1. The first kappa shape index (κ1) is 19.0. The minimum Gasteiger partial charge on any atom is -0.465 e. The standard InChI is InChI=1S/C19H19NO6/c1-11-5-6-13(18(22)24-3)9-16(11)20-17(21)8-7-14-10-15(12(2)26-14)19(23)25-4/h5-10H,1-4H3,(H,20,21)/b8-7+. The molecule has 1 N–H and O–H groups in total. The van der Waals surface area contributed by atoms with Gasteiger partial charge in [-0.15, -0.1) is 0 Å². The van der Waals surface area contributed by atoms with E-state index in [1.54, 1.807) is 32.0 Å². The number of furan rings is 1. The minimum absolute atomic E-state index is 0.300. The molecule has 0 aliphatic carbocycles. The van der Waals surface area contributed by atoms with Gasteiger partial charge in [-0.25, -0.2) is 9.59 Å². The van der Waals surface area contributed by atoms with Crippen molar-refractivity contribution in [2.24, 2.45) is 0 Å². The molecule has 0 fully saturated rings. The van der Waals surface area contributed by atoms with Crippen LogP contribution in [0.1, 0.15) is 37.8 Å². The van der Waals surface area contributed by atoms with Gasteiger partial charge in [0.25, 0.3) is 0 Å². The smallest absolute Gasteiger partial charge is 0.341 e. The molecule has 136 valence electrons. The molecule has 7 heteroatoms. The molecular weight excluding hydrogens is 338 g/mol. The summed E-state index contributed by atoms with van der Waals surface area (Å²) in [5.41, 5.74) is 1.92. The zero-order chi connectivity index (χ0) is 19.3. The van der Waals surface area contributed by atoms with Gasteiger partial charge in [0.2, 0.25) is 5.91 Å². The fraction of sp³-hybridized carbons (Fsp3) is 0.211. The van der Waals surface area contributed by atoms with E-state index in [0.717, 1.165) is 5.56 Å². The van der Waals surface area contributed by atoms with Gasteiger partial charge in [0.1, 0.15) is 17.1 Å². The summed E-state index contributed by atoms with van der Waals surface area (Å²) in [7, 11) is 2.57. The van der Waals surface area contributed by atoms with Gasteiger partial charge in [0.15, 0.2) is 0 Å². The molecule has 26 heavy (non-hydrogen) atoms. The molecule has 0 aliphatic heterocycles. The van der Waals surface area contributed by atoms with Crippen LogP contribution in [0.15, 0.2) is 34.8 Å². The summed E-state index contributed by atoms with van der Waals surface area (Å²) < 4.78 is 14.7. The van der Waals surface area contributed by atoms with Crippen LogP contribution in [-0.2, 0) is 14.3 Å². The number of amides is 1. The predicted molar refractivity (Wildman–Crippen MR) is 95.0 cm³/mol. The first-order valence-corrected chi connectivity index (χ1v) is 7.72. The van der Waals surface area contributed by atoms with Gasteiger partial charge in [-0.05, 0) is 43.7 Å². The Labute approximate surface area is 150 Å². The summed E-state index contributed by atoms with van der Waals surface area (Å²) in [6.45, 7) is 3.43. The van der Waals surface area contributed by atoms with E-state index in [4.69, 9.17) is 4.42 Å². The summed E-state index contributed by atoms with van der Waals surface area (Å²) in [4.78, 5) is 35.3. The Kier molecular flexibility index (Phi) is 5.95. The quantitative estimate of drug-likeness (QED) is 0.652. The van der Waals surface area contributed by atoms with Gasteiger partial charge in [-0.2, -0.15) is 0 Å². The Morgan fingerprint density at radius 1 is 1.04 bits per heavy atom. The van der Waals surface area contributed by atoms with E-state index in [-0.39, 0.29) is 0 Å². The normalized spacial score (nSPS) is 10.6. The summed E-state index contributed by atoms with van der Waals surface area (Å²) in [6.07, 6.45) is 2.71. The third-order valence-corrected chi connectivity index (χ3v) is 3.66. The number of anilines is 1. The second-order valence-electron chi connectivity index (χ2n) is 5.45. The molecule has 7 nitrogen and oxygen atoms in total. The lowest BCUT2D eigenvalue weighted by Gasteiger charge is -2.08. The van der Waals surface area contributed by atoms with Crippen LogP contribution >= 0.6 is 0 Å². The number of hydrogen-bond acceptors (Lipinski definition) is 6. The minimum atomic E-state index is -0.509. The van der Waals surface area contributed by atoms with Crippen molar-refractivity contribution in [3.63, 3.8) is 0 Å². The topological polar surface area (TPSA) is 94.8 Å². The molecule has 1 heterocycles. The largest absolute Gasteiger partial charge is 0.465 e. The first-order valence-electron chi connectivity index (χ1n) is 7.72. The van der Waals surface area contributed by atoms with E-state index in [2.05, 4.69) is 14.8 Å². The van der Waals surface area contributed by atoms with Crippen molar-refractivity contribution in [3.05, 3.63) is 58.6 Å². The SMILES string of the molecule is COC(=O)c1ccc(C)c(NC(=O)/C=C/c2cc(C(=O)OC)c(C)o2)c1. The first-order chi connectivity index (χ1) is 12.3. The zero-order valence-corrected chi connectivity index (χ0v) is 14.9. The molecule has 0 bridgehead atoms. The molecule has 1 amide bonds. The van der Waals surface area contributed by atoms with E-state index >= 15 is 0 Å². The van der Waals surface area contributed by atoms with Crippen molar-refractivity contribution >= 4 is 29.6 Å². The monoisotopic (exact) mass is 357 g/mol. The molecule has 0 saturated carbocycles. The Morgan fingerprint density at radius 2 is 1.73 bits per heavy atom.